The summed E-state index contributed by atoms with van der Waals surface area (Å²) >= 11 is 0. The van der Waals surface area contributed by atoms with Crippen molar-refractivity contribution < 1.29 is 14.8 Å². The molecule has 3 aliphatic heterocycles. The number of rotatable bonds is 3. The van der Waals surface area contributed by atoms with Gasteiger partial charge in [0.1, 0.15) is 0 Å². The van der Waals surface area contributed by atoms with Crippen LogP contribution in [0.5, 0.6) is 0 Å². The highest BCUT2D eigenvalue weighted by Crippen LogP contribution is 2.38. The molecule has 3 fully saturated rings. The summed E-state index contributed by atoms with van der Waals surface area (Å²) in [4.78, 5) is 30.3. The van der Waals surface area contributed by atoms with Gasteiger partial charge >= 0.3 is 0 Å². The van der Waals surface area contributed by atoms with E-state index in [4.69, 9.17) is 5.21 Å². The molecule has 24 heavy (non-hydrogen) atoms. The summed E-state index contributed by atoms with van der Waals surface area (Å²) in [6.45, 7) is 2.49. The highest BCUT2D eigenvalue weighted by atomic mass is 16.5. The van der Waals surface area contributed by atoms with Crippen LogP contribution in [0.1, 0.15) is 47.3 Å². The molecule has 7 nitrogen and oxygen atoms in total. The van der Waals surface area contributed by atoms with Gasteiger partial charge in [0.15, 0.2) is 0 Å². The molecule has 1 aromatic heterocycles. The lowest BCUT2D eigenvalue weighted by atomic mass is 9.71. The van der Waals surface area contributed by atoms with Gasteiger partial charge in [0.2, 0.25) is 5.91 Å². The number of pyridine rings is 1. The first-order valence-corrected chi connectivity index (χ1v) is 8.55. The normalized spacial score (nSPS) is 29.0. The third kappa shape index (κ3) is 2.67. The van der Waals surface area contributed by atoms with Gasteiger partial charge in [-0.15, -0.1) is 0 Å². The van der Waals surface area contributed by atoms with Crippen molar-refractivity contribution in [3.05, 3.63) is 29.1 Å². The van der Waals surface area contributed by atoms with E-state index >= 15 is 0 Å². The Kier molecular flexibility index (Phi) is 3.77. The Balaban J connectivity index is 1.47. The Morgan fingerprint density at radius 2 is 2.25 bits per heavy atom. The van der Waals surface area contributed by atoms with E-state index in [0.717, 1.165) is 63.0 Å². The van der Waals surface area contributed by atoms with Crippen LogP contribution in [0.4, 0.5) is 0 Å². The second-order valence-corrected chi connectivity index (χ2v) is 7.28. The topological polar surface area (TPSA) is 94.6 Å². The highest BCUT2D eigenvalue weighted by Gasteiger charge is 2.45. The maximum atomic E-state index is 12.0. The second kappa shape index (κ2) is 5.82. The monoisotopic (exact) mass is 330 g/mol. The van der Waals surface area contributed by atoms with E-state index in [-0.39, 0.29) is 17.4 Å². The minimum Gasteiger partial charge on any atom is -0.349 e. The molecular formula is C17H22N4O3. The molecule has 0 atom stereocenters. The standard InChI is InChI=1S/C17H22N4O3/c22-15-11-1-4-17(19-15,5-2-11)10-21-6-3-12-7-13(16(23)20-24)8-18-14(12)9-21/h7-8,11,24H,1-6,9-10H2,(H,19,22)(H,20,23). The molecule has 1 saturated carbocycles. The Morgan fingerprint density at radius 1 is 1.46 bits per heavy atom. The van der Waals surface area contributed by atoms with Crippen LogP contribution in [0.25, 0.3) is 0 Å². The number of amides is 2. The third-order valence-electron chi connectivity index (χ3n) is 5.72. The van der Waals surface area contributed by atoms with Gasteiger partial charge < -0.3 is 5.32 Å². The lowest BCUT2D eigenvalue weighted by molar-refractivity contribution is -0.134. The number of hydrogen-bond donors (Lipinski definition) is 3. The van der Waals surface area contributed by atoms with Crippen LogP contribution in [0.2, 0.25) is 0 Å². The van der Waals surface area contributed by atoms with Gasteiger partial charge in [-0.1, -0.05) is 0 Å². The number of hydrogen-bond acceptors (Lipinski definition) is 5. The van der Waals surface area contributed by atoms with E-state index in [1.54, 1.807) is 11.5 Å². The van der Waals surface area contributed by atoms with E-state index in [1.165, 1.54) is 6.20 Å². The SMILES string of the molecule is O=C(NO)c1cnc2c(c1)CCN(CC13CCC(CC1)C(=O)N3)C2. The highest BCUT2D eigenvalue weighted by molar-refractivity contribution is 5.93. The third-order valence-corrected chi connectivity index (χ3v) is 5.72. The molecule has 2 bridgehead atoms. The minimum atomic E-state index is -0.534. The number of carbonyl (C=O) groups excluding carboxylic acids is 2. The first-order chi connectivity index (χ1) is 11.6. The number of piperidine rings is 2. The van der Waals surface area contributed by atoms with Crippen LogP contribution < -0.4 is 10.8 Å². The van der Waals surface area contributed by atoms with Crippen molar-refractivity contribution in [2.45, 2.75) is 44.2 Å². The molecule has 3 N–H and O–H groups in total. The molecule has 1 aromatic rings. The zero-order chi connectivity index (χ0) is 16.7. The molecule has 1 aliphatic carbocycles. The Morgan fingerprint density at radius 3 is 2.96 bits per heavy atom. The molecule has 4 aliphatic rings. The van der Waals surface area contributed by atoms with E-state index in [1.807, 2.05) is 0 Å². The van der Waals surface area contributed by atoms with Gasteiger partial charge in [0.05, 0.1) is 16.8 Å². The maximum Gasteiger partial charge on any atom is 0.276 e. The van der Waals surface area contributed by atoms with Crippen LogP contribution in [0, 0.1) is 5.92 Å². The summed E-state index contributed by atoms with van der Waals surface area (Å²) < 4.78 is 0. The van der Waals surface area contributed by atoms with E-state index in [2.05, 4.69) is 15.2 Å². The Labute approximate surface area is 140 Å². The number of carbonyl (C=O) groups is 2. The van der Waals surface area contributed by atoms with Gasteiger partial charge in [0.25, 0.3) is 5.91 Å². The molecule has 4 heterocycles. The summed E-state index contributed by atoms with van der Waals surface area (Å²) in [6.07, 6.45) is 6.47. The fourth-order valence-electron chi connectivity index (χ4n) is 4.34. The summed E-state index contributed by atoms with van der Waals surface area (Å²) in [6, 6.07) is 1.80. The smallest absolute Gasteiger partial charge is 0.276 e. The molecule has 7 heteroatoms. The van der Waals surface area contributed by atoms with Crippen molar-refractivity contribution >= 4 is 11.8 Å². The second-order valence-electron chi connectivity index (χ2n) is 7.28. The predicted octanol–water partition coefficient (Wildman–Crippen LogP) is 0.617. The molecule has 0 aromatic carbocycles. The van der Waals surface area contributed by atoms with Crippen LogP contribution in [0.15, 0.2) is 12.3 Å². The molecular weight excluding hydrogens is 308 g/mol. The summed E-state index contributed by atoms with van der Waals surface area (Å²) in [5, 5.41) is 12.0. The number of fused-ring (bicyclic) bond motifs is 4. The minimum absolute atomic E-state index is 0.0694. The zero-order valence-electron chi connectivity index (χ0n) is 13.5. The predicted molar refractivity (Wildman–Crippen MR) is 85.3 cm³/mol. The fourth-order valence-corrected chi connectivity index (χ4v) is 4.34. The molecule has 2 amide bonds. The number of hydroxylamine groups is 1. The van der Waals surface area contributed by atoms with Gasteiger partial charge in [-0.2, -0.15) is 0 Å². The first kappa shape index (κ1) is 15.5. The van der Waals surface area contributed by atoms with E-state index in [9.17, 15) is 9.59 Å². The van der Waals surface area contributed by atoms with Crippen molar-refractivity contribution in [2.75, 3.05) is 13.1 Å². The van der Waals surface area contributed by atoms with Gasteiger partial charge in [-0.25, -0.2) is 5.48 Å². The van der Waals surface area contributed by atoms with Crippen LogP contribution in [0.3, 0.4) is 0 Å². The molecule has 0 radical (unpaired) electrons. The summed E-state index contributed by atoms with van der Waals surface area (Å²) in [7, 11) is 0. The Hall–Kier alpha value is -1.99. The zero-order valence-corrected chi connectivity index (χ0v) is 13.5. The van der Waals surface area contributed by atoms with Crippen molar-refractivity contribution in [1.82, 2.24) is 20.7 Å². The van der Waals surface area contributed by atoms with Crippen molar-refractivity contribution in [3.63, 3.8) is 0 Å². The summed E-state index contributed by atoms with van der Waals surface area (Å²) in [5.41, 5.74) is 3.98. The average Bonchev–Trinajstić information content (AvgIpc) is 2.61. The van der Waals surface area contributed by atoms with Crippen LogP contribution in [-0.4, -0.2) is 45.5 Å². The number of nitrogens with zero attached hydrogens (tertiary/aromatic N) is 2. The van der Waals surface area contributed by atoms with Gasteiger partial charge in [0, 0.05) is 31.7 Å². The van der Waals surface area contributed by atoms with Gasteiger partial charge in [-0.05, 0) is 43.7 Å². The van der Waals surface area contributed by atoms with Crippen molar-refractivity contribution in [2.24, 2.45) is 5.92 Å². The number of aromatic nitrogens is 1. The Bertz CT molecular complexity index is 682. The number of nitrogens with one attached hydrogen (secondary N) is 2. The molecule has 0 spiro atoms. The van der Waals surface area contributed by atoms with Crippen molar-refractivity contribution in [1.29, 1.82) is 0 Å². The average molecular weight is 330 g/mol. The maximum absolute atomic E-state index is 12.0. The molecule has 5 rings (SSSR count). The first-order valence-electron chi connectivity index (χ1n) is 8.55. The largest absolute Gasteiger partial charge is 0.349 e. The molecule has 2 saturated heterocycles. The quantitative estimate of drug-likeness (QED) is 0.558. The lowest BCUT2D eigenvalue weighted by Gasteiger charge is -2.49. The van der Waals surface area contributed by atoms with E-state index in [0.29, 0.717) is 5.56 Å². The van der Waals surface area contributed by atoms with E-state index < -0.39 is 5.91 Å². The summed E-state index contributed by atoms with van der Waals surface area (Å²) in [5.74, 6) is -0.0808. The van der Waals surface area contributed by atoms with Gasteiger partial charge in [-0.3, -0.25) is 24.7 Å². The molecule has 0 unspecified atom stereocenters. The van der Waals surface area contributed by atoms with Crippen molar-refractivity contribution in [3.8, 4) is 0 Å². The lowest BCUT2D eigenvalue weighted by Crippen LogP contribution is -2.63. The van der Waals surface area contributed by atoms with Crippen LogP contribution >= 0.6 is 0 Å². The fraction of sp³-hybridized carbons (Fsp3) is 0.588. The molecule has 128 valence electrons. The van der Waals surface area contributed by atoms with Crippen LogP contribution in [-0.2, 0) is 17.8 Å².